The van der Waals surface area contributed by atoms with Gasteiger partial charge in [-0.2, -0.15) is 26.3 Å². The van der Waals surface area contributed by atoms with Gasteiger partial charge in [-0.25, -0.2) is 0 Å². The lowest BCUT2D eigenvalue weighted by Gasteiger charge is -2.29. The molecule has 21 heavy (non-hydrogen) atoms. The molecule has 0 fully saturated rings. The summed E-state index contributed by atoms with van der Waals surface area (Å²) in [5, 5.41) is 10.4. The predicted octanol–water partition coefficient (Wildman–Crippen LogP) is 4.02. The molecule has 0 radical (unpaired) electrons. The van der Waals surface area contributed by atoms with Crippen molar-refractivity contribution in [1.29, 1.82) is 0 Å². The number of rotatable bonds is 4. The molecule has 118 valence electrons. The average Bonchev–Trinajstić information content (AvgIpc) is 2.32. The second kappa shape index (κ2) is 5.88. The third-order valence-corrected chi connectivity index (χ3v) is 2.69. The number of hydrogen-bond acceptors (Lipinski definition) is 3. The fourth-order valence-corrected chi connectivity index (χ4v) is 1.78. The van der Waals surface area contributed by atoms with Gasteiger partial charge in [0.15, 0.2) is 5.92 Å². The van der Waals surface area contributed by atoms with Crippen LogP contribution in [-0.4, -0.2) is 24.4 Å². The minimum Gasteiger partial charge on any atom is -0.376 e. The lowest BCUT2D eigenvalue weighted by molar-refractivity contribution is -0.384. The summed E-state index contributed by atoms with van der Waals surface area (Å²) < 4.78 is 80.2. The number of ether oxygens (including phenoxy) is 1. The Hall–Kier alpha value is -1.84. The summed E-state index contributed by atoms with van der Waals surface area (Å²) in [5.74, 6) is -3.73. The van der Waals surface area contributed by atoms with E-state index < -0.39 is 40.5 Å². The molecule has 0 spiro atoms. The molecular formula is C11H9F6NO3. The molecular weight excluding hydrogens is 308 g/mol. The van der Waals surface area contributed by atoms with Crippen LogP contribution in [-0.2, 0) is 4.74 Å². The molecule has 1 aromatic carbocycles. The van der Waals surface area contributed by atoms with Crippen molar-refractivity contribution in [1.82, 2.24) is 0 Å². The van der Waals surface area contributed by atoms with Gasteiger partial charge in [0.25, 0.3) is 5.69 Å². The normalized spacial score (nSPS) is 14.3. The van der Waals surface area contributed by atoms with E-state index in [1.807, 2.05) is 0 Å². The van der Waals surface area contributed by atoms with Crippen molar-refractivity contribution in [3.8, 4) is 0 Å². The van der Waals surface area contributed by atoms with Crippen LogP contribution in [0.4, 0.5) is 32.0 Å². The third-order valence-electron chi connectivity index (χ3n) is 2.69. The van der Waals surface area contributed by atoms with Crippen molar-refractivity contribution < 1.29 is 36.0 Å². The number of methoxy groups -OCH3 is 1. The standard InChI is InChI=1S/C11H9F6NO3/c1-21-8(9(10(12,13)14)11(15,16)17)6-2-4-7(5-3-6)18(19)20/h2-5,8-9H,1H3. The largest absolute Gasteiger partial charge is 0.403 e. The SMILES string of the molecule is COC(c1ccc([N+](=O)[O-])cc1)C(C(F)(F)F)C(F)(F)F. The first-order valence-corrected chi connectivity index (χ1v) is 5.39. The second-order valence-corrected chi connectivity index (χ2v) is 4.07. The highest BCUT2D eigenvalue weighted by Crippen LogP contribution is 2.47. The molecule has 4 nitrogen and oxygen atoms in total. The maximum absolute atomic E-state index is 12.6. The van der Waals surface area contributed by atoms with Gasteiger partial charge in [0, 0.05) is 19.2 Å². The van der Waals surface area contributed by atoms with E-state index in [4.69, 9.17) is 0 Å². The molecule has 0 aliphatic heterocycles. The van der Waals surface area contributed by atoms with Gasteiger partial charge in [-0.15, -0.1) is 0 Å². The summed E-state index contributed by atoms with van der Waals surface area (Å²) in [5.41, 5.74) is -0.910. The number of hydrogen-bond donors (Lipinski definition) is 0. The van der Waals surface area contributed by atoms with Gasteiger partial charge in [0.2, 0.25) is 0 Å². The zero-order chi connectivity index (χ0) is 16.4. The Balaban J connectivity index is 3.23. The molecule has 0 heterocycles. The van der Waals surface area contributed by atoms with Crippen LogP contribution in [0.25, 0.3) is 0 Å². The van der Waals surface area contributed by atoms with Crippen molar-refractivity contribution in [3.05, 3.63) is 39.9 Å². The third kappa shape index (κ3) is 4.06. The van der Waals surface area contributed by atoms with Crippen molar-refractivity contribution >= 4 is 5.69 Å². The minimum atomic E-state index is -5.57. The topological polar surface area (TPSA) is 52.4 Å². The van der Waals surface area contributed by atoms with E-state index in [9.17, 15) is 36.5 Å². The average molecular weight is 317 g/mol. The van der Waals surface area contributed by atoms with Crippen molar-refractivity contribution in [2.24, 2.45) is 5.92 Å². The van der Waals surface area contributed by atoms with Crippen LogP contribution in [0.15, 0.2) is 24.3 Å². The molecule has 1 aromatic rings. The molecule has 1 atom stereocenters. The number of benzene rings is 1. The lowest BCUT2D eigenvalue weighted by atomic mass is 9.94. The van der Waals surface area contributed by atoms with Crippen LogP contribution in [0.2, 0.25) is 0 Å². The molecule has 0 saturated carbocycles. The van der Waals surface area contributed by atoms with E-state index in [1.54, 1.807) is 0 Å². The first-order valence-electron chi connectivity index (χ1n) is 5.39. The van der Waals surface area contributed by atoms with Crippen LogP contribution < -0.4 is 0 Å². The fraction of sp³-hybridized carbons (Fsp3) is 0.455. The van der Waals surface area contributed by atoms with E-state index >= 15 is 0 Å². The zero-order valence-corrected chi connectivity index (χ0v) is 10.4. The van der Waals surface area contributed by atoms with E-state index in [2.05, 4.69) is 4.74 Å². The molecule has 1 unspecified atom stereocenters. The van der Waals surface area contributed by atoms with Gasteiger partial charge in [-0.3, -0.25) is 10.1 Å². The van der Waals surface area contributed by atoms with Crippen LogP contribution in [0, 0.1) is 16.0 Å². The minimum absolute atomic E-state index is 0.454. The highest BCUT2D eigenvalue weighted by atomic mass is 19.4. The summed E-state index contributed by atoms with van der Waals surface area (Å²) in [6, 6.07) is 3.23. The van der Waals surface area contributed by atoms with Crippen LogP contribution >= 0.6 is 0 Å². The van der Waals surface area contributed by atoms with Crippen molar-refractivity contribution in [2.45, 2.75) is 18.5 Å². The fourth-order valence-electron chi connectivity index (χ4n) is 1.78. The molecule has 0 N–H and O–H groups in total. The number of non-ortho nitro benzene ring substituents is 1. The summed E-state index contributed by atoms with van der Waals surface area (Å²) >= 11 is 0. The highest BCUT2D eigenvalue weighted by molar-refractivity contribution is 5.34. The molecule has 10 heteroatoms. The number of nitrogens with zero attached hydrogens (tertiary/aromatic N) is 1. The Morgan fingerprint density at radius 2 is 1.48 bits per heavy atom. The molecule has 0 aromatic heterocycles. The van der Waals surface area contributed by atoms with Crippen LogP contribution in [0.5, 0.6) is 0 Å². The summed E-state index contributed by atoms with van der Waals surface area (Å²) in [6.45, 7) is 0. The quantitative estimate of drug-likeness (QED) is 0.479. The maximum atomic E-state index is 12.6. The van der Waals surface area contributed by atoms with Gasteiger partial charge >= 0.3 is 12.4 Å². The van der Waals surface area contributed by atoms with E-state index in [1.165, 1.54) is 0 Å². The summed E-state index contributed by atoms with van der Waals surface area (Å²) in [6.07, 6.45) is -13.5. The van der Waals surface area contributed by atoms with Gasteiger partial charge in [0.05, 0.1) is 4.92 Å². The van der Waals surface area contributed by atoms with Crippen molar-refractivity contribution in [3.63, 3.8) is 0 Å². The smallest absolute Gasteiger partial charge is 0.376 e. The van der Waals surface area contributed by atoms with Crippen LogP contribution in [0.1, 0.15) is 11.7 Å². The second-order valence-electron chi connectivity index (χ2n) is 4.07. The Bertz CT molecular complexity index is 482. The Kier molecular flexibility index (Phi) is 4.82. The number of nitro benzene ring substituents is 1. The molecule has 0 bridgehead atoms. The zero-order valence-electron chi connectivity index (χ0n) is 10.4. The predicted molar refractivity (Wildman–Crippen MR) is 58.4 cm³/mol. The molecule has 1 rings (SSSR count). The monoisotopic (exact) mass is 317 g/mol. The number of nitro groups is 1. The van der Waals surface area contributed by atoms with Gasteiger partial charge in [0.1, 0.15) is 6.10 Å². The van der Waals surface area contributed by atoms with Crippen molar-refractivity contribution in [2.75, 3.05) is 7.11 Å². The first kappa shape index (κ1) is 17.2. The lowest BCUT2D eigenvalue weighted by Crippen LogP contribution is -2.41. The number of halogens is 6. The van der Waals surface area contributed by atoms with E-state index in [0.717, 1.165) is 24.3 Å². The Morgan fingerprint density at radius 3 is 1.76 bits per heavy atom. The Morgan fingerprint density at radius 1 is 1.05 bits per heavy atom. The van der Waals surface area contributed by atoms with Crippen LogP contribution in [0.3, 0.4) is 0 Å². The highest BCUT2D eigenvalue weighted by Gasteiger charge is 2.61. The van der Waals surface area contributed by atoms with E-state index in [0.29, 0.717) is 7.11 Å². The van der Waals surface area contributed by atoms with Gasteiger partial charge in [-0.1, -0.05) is 0 Å². The maximum Gasteiger partial charge on any atom is 0.403 e. The summed E-state index contributed by atoms with van der Waals surface area (Å²) in [4.78, 5) is 9.60. The number of alkyl halides is 6. The molecule has 0 aliphatic rings. The van der Waals surface area contributed by atoms with Gasteiger partial charge in [-0.05, 0) is 17.7 Å². The van der Waals surface area contributed by atoms with E-state index in [-0.39, 0.29) is 0 Å². The molecule has 0 amide bonds. The first-order chi connectivity index (χ1) is 9.48. The molecule has 0 aliphatic carbocycles. The molecule has 0 saturated heterocycles. The summed E-state index contributed by atoms with van der Waals surface area (Å²) in [7, 11) is 0.705. The van der Waals surface area contributed by atoms with Gasteiger partial charge < -0.3 is 4.74 Å². The Labute approximate surface area is 114 Å².